The molecule has 1 heterocycles. The van der Waals surface area contributed by atoms with Crippen LogP contribution in [-0.2, 0) is 6.18 Å². The third-order valence-electron chi connectivity index (χ3n) is 5.36. The molecule has 0 N–H and O–H groups in total. The highest BCUT2D eigenvalue weighted by atomic mass is 19.4. The molecule has 0 bridgehead atoms. The highest BCUT2D eigenvalue weighted by molar-refractivity contribution is 6.23. The minimum absolute atomic E-state index is 0.0841. The Hall–Kier alpha value is -3.60. The number of alkyl halides is 3. The van der Waals surface area contributed by atoms with Gasteiger partial charge >= 0.3 is 6.18 Å². The molecule has 0 saturated heterocycles. The summed E-state index contributed by atoms with van der Waals surface area (Å²) in [5.74, 6) is 0.571. The van der Waals surface area contributed by atoms with Crippen LogP contribution >= 0.6 is 0 Å². The summed E-state index contributed by atoms with van der Waals surface area (Å²) >= 11 is 0. The minimum Gasteiger partial charge on any atom is -0.497 e. The zero-order valence-corrected chi connectivity index (χ0v) is 16.0. The van der Waals surface area contributed by atoms with E-state index in [2.05, 4.69) is 4.98 Å². The molecule has 0 spiro atoms. The summed E-state index contributed by atoms with van der Waals surface area (Å²) in [5, 5.41) is 2.88. The van der Waals surface area contributed by atoms with E-state index >= 15 is 0 Å². The topological polar surface area (TPSA) is 22.1 Å². The van der Waals surface area contributed by atoms with E-state index in [4.69, 9.17) is 4.74 Å². The number of halogens is 3. The zero-order valence-electron chi connectivity index (χ0n) is 16.0. The lowest BCUT2D eigenvalue weighted by Gasteiger charge is -2.17. The molecule has 5 rings (SSSR count). The van der Waals surface area contributed by atoms with Gasteiger partial charge in [-0.1, -0.05) is 54.6 Å². The van der Waals surface area contributed by atoms with Gasteiger partial charge in [-0.15, -0.1) is 0 Å². The van der Waals surface area contributed by atoms with Crippen LogP contribution in [0.4, 0.5) is 13.2 Å². The van der Waals surface area contributed by atoms with Gasteiger partial charge < -0.3 is 4.74 Å². The van der Waals surface area contributed by atoms with Crippen molar-refractivity contribution in [3.05, 3.63) is 84.6 Å². The first kappa shape index (κ1) is 18.4. The fourth-order valence-corrected chi connectivity index (χ4v) is 4.05. The van der Waals surface area contributed by atoms with Gasteiger partial charge in [0, 0.05) is 16.2 Å². The second-order valence-electron chi connectivity index (χ2n) is 7.10. The zero-order chi connectivity index (χ0) is 20.9. The molecular formula is C25H16F3NO. The fourth-order valence-electron chi connectivity index (χ4n) is 4.05. The Bertz CT molecular complexity index is 1410. The first-order valence-electron chi connectivity index (χ1n) is 9.43. The summed E-state index contributed by atoms with van der Waals surface area (Å²) in [4.78, 5) is 4.01. The number of pyridine rings is 1. The number of ether oxygens (including phenoxy) is 1. The molecule has 4 aromatic carbocycles. The second kappa shape index (κ2) is 6.73. The van der Waals surface area contributed by atoms with E-state index in [1.807, 2.05) is 54.6 Å². The lowest BCUT2D eigenvalue weighted by molar-refractivity contribution is -0.139. The van der Waals surface area contributed by atoms with E-state index in [0.29, 0.717) is 16.5 Å². The molecule has 0 fully saturated rings. The molecule has 0 unspecified atom stereocenters. The molecule has 2 nitrogen and oxygen atoms in total. The van der Waals surface area contributed by atoms with Crippen LogP contribution in [0.2, 0.25) is 0 Å². The Morgan fingerprint density at radius 2 is 1.43 bits per heavy atom. The van der Waals surface area contributed by atoms with Gasteiger partial charge in [-0.3, -0.25) is 0 Å². The maximum Gasteiger partial charge on any atom is 0.433 e. The first-order chi connectivity index (χ1) is 14.5. The normalized spacial score (nSPS) is 12.0. The van der Waals surface area contributed by atoms with Crippen LogP contribution in [0.25, 0.3) is 43.6 Å². The maximum atomic E-state index is 14.0. The highest BCUT2D eigenvalue weighted by Crippen LogP contribution is 2.43. The summed E-state index contributed by atoms with van der Waals surface area (Å²) in [7, 11) is 1.53. The van der Waals surface area contributed by atoms with E-state index in [1.165, 1.54) is 7.11 Å². The van der Waals surface area contributed by atoms with Crippen LogP contribution in [0.5, 0.6) is 5.75 Å². The molecule has 0 amide bonds. The van der Waals surface area contributed by atoms with Gasteiger partial charge in [0.05, 0.1) is 12.6 Å². The number of benzene rings is 4. The molecule has 5 heteroatoms. The molecule has 0 aliphatic carbocycles. The highest BCUT2D eigenvalue weighted by Gasteiger charge is 2.36. The van der Waals surface area contributed by atoms with Gasteiger partial charge in [0.15, 0.2) is 5.69 Å². The molecule has 0 saturated carbocycles. The Labute approximate surface area is 170 Å². The third kappa shape index (κ3) is 2.86. The molecule has 30 heavy (non-hydrogen) atoms. The van der Waals surface area contributed by atoms with E-state index in [9.17, 15) is 13.2 Å². The van der Waals surface area contributed by atoms with E-state index in [0.717, 1.165) is 21.9 Å². The molecule has 5 aromatic rings. The second-order valence-corrected chi connectivity index (χ2v) is 7.10. The monoisotopic (exact) mass is 403 g/mol. The standard InChI is InChI=1S/C25H16F3NO/c1-30-16-11-12-22-20(13-16)23-18-10-6-5-9-17(18)19(15-7-3-2-4-8-15)14-21(23)24(29-22)25(26,27)28/h2-14H,1H3. The van der Waals surface area contributed by atoms with Crippen molar-refractivity contribution in [2.45, 2.75) is 6.18 Å². The largest absolute Gasteiger partial charge is 0.497 e. The smallest absolute Gasteiger partial charge is 0.433 e. The summed E-state index contributed by atoms with van der Waals surface area (Å²) in [5.41, 5.74) is 1.01. The third-order valence-corrected chi connectivity index (χ3v) is 5.36. The predicted octanol–water partition coefficient (Wildman–Crippen LogP) is 7.24. The Morgan fingerprint density at radius 3 is 2.13 bits per heavy atom. The van der Waals surface area contributed by atoms with Gasteiger partial charge in [-0.2, -0.15) is 13.2 Å². The number of fused-ring (bicyclic) bond motifs is 5. The van der Waals surface area contributed by atoms with E-state index in [1.54, 1.807) is 24.3 Å². The molecule has 1 aromatic heterocycles. The van der Waals surface area contributed by atoms with Crippen LogP contribution in [0, 0.1) is 0 Å². The molecule has 0 aliphatic rings. The van der Waals surface area contributed by atoms with Crippen LogP contribution in [0.3, 0.4) is 0 Å². The van der Waals surface area contributed by atoms with E-state index < -0.39 is 11.9 Å². The molecule has 0 aliphatic heterocycles. The molecular weight excluding hydrogens is 387 g/mol. The van der Waals surface area contributed by atoms with Crippen molar-refractivity contribution in [3.63, 3.8) is 0 Å². The molecule has 148 valence electrons. The van der Waals surface area contributed by atoms with Gasteiger partial charge in [-0.05, 0) is 46.2 Å². The van der Waals surface area contributed by atoms with Crippen molar-refractivity contribution >= 4 is 32.4 Å². The quantitative estimate of drug-likeness (QED) is 0.290. The van der Waals surface area contributed by atoms with Crippen LogP contribution < -0.4 is 4.74 Å². The number of hydrogen-bond acceptors (Lipinski definition) is 2. The van der Waals surface area contributed by atoms with Gasteiger partial charge in [-0.25, -0.2) is 4.98 Å². The minimum atomic E-state index is -4.58. The van der Waals surface area contributed by atoms with Gasteiger partial charge in [0.2, 0.25) is 0 Å². The average Bonchev–Trinajstić information content (AvgIpc) is 2.77. The van der Waals surface area contributed by atoms with Crippen LogP contribution in [0.1, 0.15) is 5.69 Å². The number of aromatic nitrogens is 1. The van der Waals surface area contributed by atoms with Crippen molar-refractivity contribution < 1.29 is 17.9 Å². The van der Waals surface area contributed by atoms with Crippen LogP contribution in [-0.4, -0.2) is 12.1 Å². The number of hydrogen-bond donors (Lipinski definition) is 0. The molecule has 0 atom stereocenters. The Balaban J connectivity index is 2.05. The number of rotatable bonds is 2. The Kier molecular flexibility index (Phi) is 4.13. The first-order valence-corrected chi connectivity index (χ1v) is 9.43. The summed E-state index contributed by atoms with van der Waals surface area (Å²) in [6.45, 7) is 0. The average molecular weight is 403 g/mol. The van der Waals surface area contributed by atoms with Crippen LogP contribution in [0.15, 0.2) is 78.9 Å². The maximum absolute atomic E-state index is 14.0. The number of methoxy groups -OCH3 is 1. The lowest BCUT2D eigenvalue weighted by atomic mass is 9.91. The number of nitrogens with zero attached hydrogens (tertiary/aromatic N) is 1. The van der Waals surface area contributed by atoms with E-state index in [-0.39, 0.29) is 10.9 Å². The Morgan fingerprint density at radius 1 is 0.733 bits per heavy atom. The van der Waals surface area contributed by atoms with Crippen molar-refractivity contribution in [2.24, 2.45) is 0 Å². The van der Waals surface area contributed by atoms with Crippen molar-refractivity contribution in [1.29, 1.82) is 0 Å². The molecule has 0 radical (unpaired) electrons. The summed E-state index contributed by atoms with van der Waals surface area (Å²) in [6.07, 6.45) is -4.58. The fraction of sp³-hybridized carbons (Fsp3) is 0.0800. The van der Waals surface area contributed by atoms with Gasteiger partial charge in [0.25, 0.3) is 0 Å². The van der Waals surface area contributed by atoms with Crippen molar-refractivity contribution in [3.8, 4) is 16.9 Å². The van der Waals surface area contributed by atoms with Crippen molar-refractivity contribution in [2.75, 3.05) is 7.11 Å². The summed E-state index contributed by atoms with van der Waals surface area (Å²) < 4.78 is 47.4. The SMILES string of the molecule is COc1ccc2nc(C(F)(F)F)c3cc(-c4ccccc4)c4ccccc4c3c2c1. The lowest BCUT2D eigenvalue weighted by Crippen LogP contribution is -2.09. The predicted molar refractivity (Wildman–Crippen MR) is 114 cm³/mol. The van der Waals surface area contributed by atoms with Gasteiger partial charge in [0.1, 0.15) is 5.75 Å². The summed E-state index contributed by atoms with van der Waals surface area (Å²) in [6, 6.07) is 23.5. The van der Waals surface area contributed by atoms with Crippen molar-refractivity contribution in [1.82, 2.24) is 4.98 Å².